The number of carbonyl (C=O) groups excluding carboxylic acids is 2. The molecule has 36 heavy (non-hydrogen) atoms. The normalized spacial score (nSPS) is 19.5. The summed E-state index contributed by atoms with van der Waals surface area (Å²) in [6.07, 6.45) is 3.06. The molecule has 2 amide bonds. The average Bonchev–Trinajstić information content (AvgIpc) is 3.44. The maximum Gasteiger partial charge on any atom is 0.249 e. The fraction of sp³-hybridized carbons (Fsp3) is 0.519. The zero-order valence-corrected chi connectivity index (χ0v) is 21.5. The van der Waals surface area contributed by atoms with Crippen LogP contribution in [0, 0.1) is 5.41 Å². The molecule has 1 saturated heterocycles. The van der Waals surface area contributed by atoms with Crippen LogP contribution in [0.3, 0.4) is 0 Å². The third-order valence-electron chi connectivity index (χ3n) is 7.30. The van der Waals surface area contributed by atoms with E-state index in [2.05, 4.69) is 35.1 Å². The SMILES string of the molecule is COCCN(C(=O)CN1C[C@@H](C)OCC1=O)c1ccc2cc(-c3n[nH]c4c3CCC(C)(C)C4)[nH]c2c1. The largest absolute Gasteiger partial charge is 0.383 e. The Morgan fingerprint density at radius 1 is 1.33 bits per heavy atom. The van der Waals surface area contributed by atoms with E-state index < -0.39 is 0 Å². The summed E-state index contributed by atoms with van der Waals surface area (Å²) in [4.78, 5) is 32.4. The van der Waals surface area contributed by atoms with E-state index in [1.54, 1.807) is 16.9 Å². The van der Waals surface area contributed by atoms with Crippen molar-refractivity contribution in [2.75, 3.05) is 44.9 Å². The van der Waals surface area contributed by atoms with Crippen LogP contribution >= 0.6 is 0 Å². The lowest BCUT2D eigenvalue weighted by Crippen LogP contribution is -2.50. The summed E-state index contributed by atoms with van der Waals surface area (Å²) in [6, 6.07) is 8.06. The number of carbonyl (C=O) groups is 2. The first-order chi connectivity index (χ1) is 17.2. The Hall–Kier alpha value is -3.17. The van der Waals surface area contributed by atoms with Gasteiger partial charge in [0.05, 0.1) is 18.4 Å². The molecule has 5 rings (SSSR count). The van der Waals surface area contributed by atoms with Gasteiger partial charge in [-0.1, -0.05) is 19.9 Å². The molecule has 1 atom stereocenters. The summed E-state index contributed by atoms with van der Waals surface area (Å²) in [7, 11) is 1.61. The molecule has 1 aliphatic heterocycles. The van der Waals surface area contributed by atoms with Gasteiger partial charge in [0.25, 0.3) is 0 Å². The highest BCUT2D eigenvalue weighted by atomic mass is 16.5. The summed E-state index contributed by atoms with van der Waals surface area (Å²) in [5, 5.41) is 8.96. The molecule has 1 aliphatic carbocycles. The van der Waals surface area contributed by atoms with Crippen LogP contribution in [0.4, 0.5) is 5.69 Å². The zero-order valence-electron chi connectivity index (χ0n) is 21.5. The number of morpholine rings is 1. The molecule has 9 heteroatoms. The molecule has 3 aromatic rings. The van der Waals surface area contributed by atoms with Crippen LogP contribution < -0.4 is 4.90 Å². The number of aromatic amines is 2. The topological polar surface area (TPSA) is 104 Å². The highest BCUT2D eigenvalue weighted by Gasteiger charge is 2.30. The quantitative estimate of drug-likeness (QED) is 0.526. The van der Waals surface area contributed by atoms with Crippen LogP contribution in [0.2, 0.25) is 0 Å². The van der Waals surface area contributed by atoms with Gasteiger partial charge >= 0.3 is 0 Å². The highest BCUT2D eigenvalue weighted by molar-refractivity contribution is 5.99. The van der Waals surface area contributed by atoms with Gasteiger partial charge < -0.3 is 24.3 Å². The van der Waals surface area contributed by atoms with Crippen molar-refractivity contribution in [2.45, 2.75) is 46.1 Å². The molecular formula is C27H35N5O4. The second-order valence-corrected chi connectivity index (χ2v) is 10.8. The molecule has 0 spiro atoms. The molecule has 9 nitrogen and oxygen atoms in total. The fourth-order valence-corrected chi connectivity index (χ4v) is 5.23. The van der Waals surface area contributed by atoms with Crippen LogP contribution in [0.1, 0.15) is 38.4 Å². The zero-order chi connectivity index (χ0) is 25.4. The summed E-state index contributed by atoms with van der Waals surface area (Å²) < 4.78 is 10.7. The van der Waals surface area contributed by atoms with E-state index in [0.717, 1.165) is 47.2 Å². The van der Waals surface area contributed by atoms with Gasteiger partial charge in [0, 0.05) is 48.0 Å². The minimum Gasteiger partial charge on any atom is -0.383 e. The van der Waals surface area contributed by atoms with Crippen molar-refractivity contribution in [2.24, 2.45) is 5.41 Å². The molecule has 1 fully saturated rings. The lowest BCUT2D eigenvalue weighted by molar-refractivity contribution is -0.150. The Balaban J connectivity index is 1.41. The number of ether oxygens (including phenoxy) is 2. The van der Waals surface area contributed by atoms with Gasteiger partial charge in [0.15, 0.2) is 0 Å². The molecule has 2 aliphatic rings. The van der Waals surface area contributed by atoms with E-state index in [1.807, 2.05) is 25.1 Å². The third kappa shape index (κ3) is 4.90. The summed E-state index contributed by atoms with van der Waals surface area (Å²) >= 11 is 0. The predicted molar refractivity (Wildman–Crippen MR) is 138 cm³/mol. The van der Waals surface area contributed by atoms with E-state index in [1.165, 1.54) is 11.3 Å². The molecule has 2 N–H and O–H groups in total. The van der Waals surface area contributed by atoms with Gasteiger partial charge in [0.1, 0.15) is 18.8 Å². The molecule has 3 heterocycles. The number of benzene rings is 1. The Morgan fingerprint density at radius 2 is 2.17 bits per heavy atom. The number of aromatic nitrogens is 3. The van der Waals surface area contributed by atoms with E-state index in [0.29, 0.717) is 19.7 Å². The van der Waals surface area contributed by atoms with Crippen molar-refractivity contribution >= 4 is 28.4 Å². The Bertz CT molecular complexity index is 1280. The second-order valence-electron chi connectivity index (χ2n) is 10.8. The Labute approximate surface area is 211 Å². The highest BCUT2D eigenvalue weighted by Crippen LogP contribution is 2.38. The molecule has 2 aromatic heterocycles. The monoisotopic (exact) mass is 493 g/mol. The molecule has 1 aromatic carbocycles. The molecule has 0 radical (unpaired) electrons. The molecule has 192 valence electrons. The fourth-order valence-electron chi connectivity index (χ4n) is 5.23. The van der Waals surface area contributed by atoms with Gasteiger partial charge in [-0.25, -0.2) is 0 Å². The van der Waals surface area contributed by atoms with Crippen molar-refractivity contribution in [1.82, 2.24) is 20.1 Å². The van der Waals surface area contributed by atoms with Crippen LogP contribution in [0.15, 0.2) is 24.3 Å². The van der Waals surface area contributed by atoms with Crippen LogP contribution in [0.25, 0.3) is 22.3 Å². The van der Waals surface area contributed by atoms with E-state index in [-0.39, 0.29) is 36.5 Å². The van der Waals surface area contributed by atoms with Crippen molar-refractivity contribution in [3.8, 4) is 11.4 Å². The molecular weight excluding hydrogens is 458 g/mol. The van der Waals surface area contributed by atoms with Crippen molar-refractivity contribution in [3.05, 3.63) is 35.5 Å². The Morgan fingerprint density at radius 3 is 2.97 bits per heavy atom. The van der Waals surface area contributed by atoms with Gasteiger partial charge in [-0.3, -0.25) is 14.7 Å². The van der Waals surface area contributed by atoms with Crippen molar-refractivity contribution in [3.63, 3.8) is 0 Å². The number of H-pyrrole nitrogens is 2. The Kier molecular flexibility index (Phi) is 6.61. The minimum absolute atomic E-state index is 0.0120. The van der Waals surface area contributed by atoms with Crippen molar-refractivity contribution < 1.29 is 19.1 Å². The number of methoxy groups -OCH3 is 1. The maximum atomic E-state index is 13.3. The maximum absolute atomic E-state index is 13.3. The smallest absolute Gasteiger partial charge is 0.249 e. The number of rotatable bonds is 7. The average molecular weight is 494 g/mol. The van der Waals surface area contributed by atoms with Gasteiger partial charge in [0.2, 0.25) is 11.8 Å². The summed E-state index contributed by atoms with van der Waals surface area (Å²) in [5.74, 6) is -0.312. The first-order valence-corrected chi connectivity index (χ1v) is 12.6. The van der Waals surface area contributed by atoms with Crippen LogP contribution in [-0.4, -0.2) is 78.0 Å². The lowest BCUT2D eigenvalue weighted by Gasteiger charge is -2.32. The second kappa shape index (κ2) is 9.71. The number of nitrogens with one attached hydrogen (secondary N) is 2. The predicted octanol–water partition coefficient (Wildman–Crippen LogP) is 3.30. The van der Waals surface area contributed by atoms with Gasteiger partial charge in [-0.2, -0.15) is 5.10 Å². The van der Waals surface area contributed by atoms with Gasteiger partial charge in [-0.05, 0) is 49.8 Å². The summed E-state index contributed by atoms with van der Waals surface area (Å²) in [5.41, 5.74) is 6.45. The minimum atomic E-state index is -0.164. The number of anilines is 1. The first-order valence-electron chi connectivity index (χ1n) is 12.6. The van der Waals surface area contributed by atoms with E-state index in [4.69, 9.17) is 9.47 Å². The van der Waals surface area contributed by atoms with Crippen LogP contribution in [0.5, 0.6) is 0 Å². The molecule has 0 saturated carbocycles. The number of fused-ring (bicyclic) bond motifs is 2. The van der Waals surface area contributed by atoms with Gasteiger partial charge in [-0.15, -0.1) is 0 Å². The number of amides is 2. The standard InChI is InChI=1S/C27H35N5O4/c1-17-14-31(25(34)16-36-17)15-24(33)32(9-10-35-4)19-6-5-18-11-22(28-21(18)12-19)26-20-7-8-27(2,3)13-23(20)29-30-26/h5-6,11-12,17,28H,7-10,13-16H2,1-4H3,(H,29,30)/t17-/m1/s1. The van der Waals surface area contributed by atoms with E-state index >= 15 is 0 Å². The number of nitrogens with zero attached hydrogens (tertiary/aromatic N) is 3. The molecule has 0 unspecified atom stereocenters. The van der Waals surface area contributed by atoms with E-state index in [9.17, 15) is 9.59 Å². The summed E-state index contributed by atoms with van der Waals surface area (Å²) in [6.45, 7) is 7.72. The number of hydrogen-bond donors (Lipinski definition) is 2. The van der Waals surface area contributed by atoms with Crippen molar-refractivity contribution in [1.29, 1.82) is 0 Å². The molecule has 0 bridgehead atoms. The third-order valence-corrected chi connectivity index (χ3v) is 7.30. The number of hydrogen-bond acceptors (Lipinski definition) is 5. The first kappa shape index (κ1) is 24.5. The van der Waals surface area contributed by atoms with Crippen LogP contribution in [-0.2, 0) is 31.9 Å². The lowest BCUT2D eigenvalue weighted by atomic mass is 9.76.